The number of benzene rings is 1. The summed E-state index contributed by atoms with van der Waals surface area (Å²) in [5.74, 6) is 1.66. The lowest BCUT2D eigenvalue weighted by Crippen LogP contribution is -2.40. The summed E-state index contributed by atoms with van der Waals surface area (Å²) in [6.45, 7) is 10.3. The van der Waals surface area contributed by atoms with Crippen molar-refractivity contribution >= 4 is 41.3 Å². The summed E-state index contributed by atoms with van der Waals surface area (Å²) in [4.78, 5) is 13.4. The molecular formula is C21H31IN4S. The van der Waals surface area contributed by atoms with Gasteiger partial charge in [0.2, 0.25) is 0 Å². The third kappa shape index (κ3) is 5.91. The van der Waals surface area contributed by atoms with E-state index in [1.165, 1.54) is 27.6 Å². The quantitative estimate of drug-likeness (QED) is 0.359. The van der Waals surface area contributed by atoms with E-state index in [0.29, 0.717) is 5.92 Å². The SMILES string of the molecule is CCNC(=NCCc1nc(CC)c(C)s1)N1CCC(c2ccccc2)C1.I. The first kappa shape index (κ1) is 22.1. The summed E-state index contributed by atoms with van der Waals surface area (Å²) in [6.07, 6.45) is 3.14. The van der Waals surface area contributed by atoms with E-state index in [-0.39, 0.29) is 24.0 Å². The molecule has 1 unspecified atom stereocenters. The fraction of sp³-hybridized carbons (Fsp3) is 0.524. The standard InChI is InChI=1S/C21H30N4S.HI/c1-4-19-16(3)26-20(24-19)11-13-23-21(22-5-2)25-14-12-18(15-25)17-9-7-6-8-10-17;/h6-10,18H,4-5,11-15H2,1-3H3,(H,22,23);1H. The van der Waals surface area contributed by atoms with Crippen molar-refractivity contribution in [3.8, 4) is 0 Å². The van der Waals surface area contributed by atoms with Crippen molar-refractivity contribution in [3.05, 3.63) is 51.5 Å². The molecule has 1 N–H and O–H groups in total. The highest BCUT2D eigenvalue weighted by molar-refractivity contribution is 14.0. The van der Waals surface area contributed by atoms with Crippen LogP contribution in [0.4, 0.5) is 0 Å². The minimum atomic E-state index is 0. The molecule has 0 saturated carbocycles. The summed E-state index contributed by atoms with van der Waals surface area (Å²) < 4.78 is 0. The Morgan fingerprint density at radius 3 is 2.74 bits per heavy atom. The van der Waals surface area contributed by atoms with Gasteiger partial charge in [0.1, 0.15) is 0 Å². The topological polar surface area (TPSA) is 40.5 Å². The number of rotatable bonds is 6. The van der Waals surface area contributed by atoms with Gasteiger partial charge in [0, 0.05) is 43.4 Å². The van der Waals surface area contributed by atoms with Crippen molar-refractivity contribution in [3.63, 3.8) is 0 Å². The van der Waals surface area contributed by atoms with Crippen LogP contribution in [-0.2, 0) is 12.8 Å². The lowest BCUT2D eigenvalue weighted by molar-refractivity contribution is 0.486. The summed E-state index contributed by atoms with van der Waals surface area (Å²) in [5.41, 5.74) is 2.68. The smallest absolute Gasteiger partial charge is 0.193 e. The van der Waals surface area contributed by atoms with E-state index >= 15 is 0 Å². The monoisotopic (exact) mass is 498 g/mol. The van der Waals surface area contributed by atoms with E-state index in [2.05, 4.69) is 61.3 Å². The Kier molecular flexibility index (Phi) is 9.02. The highest BCUT2D eigenvalue weighted by Gasteiger charge is 2.25. The number of hydrogen-bond acceptors (Lipinski definition) is 3. The van der Waals surface area contributed by atoms with Gasteiger partial charge in [0.15, 0.2) is 5.96 Å². The molecule has 0 spiro atoms. The van der Waals surface area contributed by atoms with Crippen molar-refractivity contribution in [2.45, 2.75) is 46.0 Å². The molecule has 4 nitrogen and oxygen atoms in total. The first-order chi connectivity index (χ1) is 12.7. The molecule has 1 aliphatic heterocycles. The van der Waals surface area contributed by atoms with E-state index in [0.717, 1.165) is 45.0 Å². The van der Waals surface area contributed by atoms with Crippen molar-refractivity contribution in [2.24, 2.45) is 4.99 Å². The average molecular weight is 498 g/mol. The summed E-state index contributed by atoms with van der Waals surface area (Å²) in [6, 6.07) is 10.9. The second-order valence-corrected chi connectivity index (χ2v) is 8.08. The van der Waals surface area contributed by atoms with Gasteiger partial charge in [0.05, 0.1) is 10.7 Å². The number of aliphatic imine (C=N–C) groups is 1. The van der Waals surface area contributed by atoms with Crippen molar-refractivity contribution in [2.75, 3.05) is 26.2 Å². The van der Waals surface area contributed by atoms with Gasteiger partial charge in [-0.3, -0.25) is 4.99 Å². The second-order valence-electron chi connectivity index (χ2n) is 6.79. The van der Waals surface area contributed by atoms with Crippen molar-refractivity contribution in [1.29, 1.82) is 0 Å². The lowest BCUT2D eigenvalue weighted by atomic mass is 9.99. The molecule has 0 amide bonds. The molecule has 1 aromatic heterocycles. The van der Waals surface area contributed by atoms with Crippen LogP contribution in [-0.4, -0.2) is 42.0 Å². The molecule has 148 valence electrons. The van der Waals surface area contributed by atoms with Crippen LogP contribution >= 0.6 is 35.3 Å². The number of aromatic nitrogens is 1. The van der Waals surface area contributed by atoms with Crippen LogP contribution < -0.4 is 5.32 Å². The van der Waals surface area contributed by atoms with Crippen LogP contribution in [0.5, 0.6) is 0 Å². The van der Waals surface area contributed by atoms with E-state index in [1.807, 2.05) is 11.3 Å². The van der Waals surface area contributed by atoms with Gasteiger partial charge in [-0.05, 0) is 32.3 Å². The lowest BCUT2D eigenvalue weighted by Gasteiger charge is -2.21. The third-order valence-electron chi connectivity index (χ3n) is 4.95. The number of nitrogens with one attached hydrogen (secondary N) is 1. The molecule has 1 aliphatic rings. The van der Waals surface area contributed by atoms with Gasteiger partial charge >= 0.3 is 0 Å². The maximum atomic E-state index is 4.88. The summed E-state index contributed by atoms with van der Waals surface area (Å²) in [7, 11) is 0. The predicted molar refractivity (Wildman–Crippen MR) is 127 cm³/mol. The van der Waals surface area contributed by atoms with Crippen LogP contribution in [0.15, 0.2) is 35.3 Å². The summed E-state index contributed by atoms with van der Waals surface area (Å²) >= 11 is 1.82. The Labute approximate surface area is 184 Å². The van der Waals surface area contributed by atoms with Gasteiger partial charge in [-0.1, -0.05) is 37.3 Å². The van der Waals surface area contributed by atoms with Crippen LogP contribution in [0.2, 0.25) is 0 Å². The molecule has 1 saturated heterocycles. The van der Waals surface area contributed by atoms with Crippen molar-refractivity contribution in [1.82, 2.24) is 15.2 Å². The molecule has 2 aromatic rings. The highest BCUT2D eigenvalue weighted by atomic mass is 127. The number of likely N-dealkylation sites (tertiary alicyclic amines) is 1. The van der Waals surface area contributed by atoms with E-state index in [4.69, 9.17) is 9.98 Å². The highest BCUT2D eigenvalue weighted by Crippen LogP contribution is 2.27. The Balaban J connectivity index is 0.00000261. The van der Waals surface area contributed by atoms with Gasteiger partial charge in [-0.2, -0.15) is 0 Å². The second kappa shape index (κ2) is 11.0. The Morgan fingerprint density at radius 2 is 2.07 bits per heavy atom. The maximum Gasteiger partial charge on any atom is 0.193 e. The van der Waals surface area contributed by atoms with Crippen molar-refractivity contribution < 1.29 is 0 Å². The minimum Gasteiger partial charge on any atom is -0.357 e. The number of nitrogens with zero attached hydrogens (tertiary/aromatic N) is 3. The zero-order chi connectivity index (χ0) is 18.4. The number of hydrogen-bond donors (Lipinski definition) is 1. The molecule has 0 aliphatic carbocycles. The van der Waals surface area contributed by atoms with E-state index in [9.17, 15) is 0 Å². The third-order valence-corrected chi connectivity index (χ3v) is 6.03. The van der Waals surface area contributed by atoms with Crippen LogP contribution in [0.1, 0.15) is 47.3 Å². The molecule has 6 heteroatoms. The molecule has 3 rings (SSSR count). The molecule has 2 heterocycles. The van der Waals surface area contributed by atoms with Crippen LogP contribution in [0.25, 0.3) is 0 Å². The minimum absolute atomic E-state index is 0. The zero-order valence-electron chi connectivity index (χ0n) is 16.6. The van der Waals surface area contributed by atoms with Crippen LogP contribution in [0.3, 0.4) is 0 Å². The predicted octanol–water partition coefficient (Wildman–Crippen LogP) is 4.63. The number of halogens is 1. The summed E-state index contributed by atoms with van der Waals surface area (Å²) in [5, 5.41) is 4.68. The number of guanidine groups is 1. The first-order valence-corrected chi connectivity index (χ1v) is 10.6. The maximum absolute atomic E-state index is 4.88. The molecule has 0 bridgehead atoms. The number of aryl methyl sites for hydroxylation is 2. The van der Waals surface area contributed by atoms with Gasteiger partial charge in [-0.15, -0.1) is 35.3 Å². The Bertz CT molecular complexity index is 729. The molecule has 1 atom stereocenters. The molecule has 0 radical (unpaired) electrons. The Hall–Kier alpha value is -1.15. The molecule has 1 fully saturated rings. The molecule has 1 aromatic carbocycles. The largest absolute Gasteiger partial charge is 0.357 e. The fourth-order valence-corrected chi connectivity index (χ4v) is 4.57. The fourth-order valence-electron chi connectivity index (χ4n) is 3.56. The number of thiazole rings is 1. The van der Waals surface area contributed by atoms with Crippen LogP contribution in [0, 0.1) is 6.92 Å². The van der Waals surface area contributed by atoms with Gasteiger partial charge in [0.25, 0.3) is 0 Å². The molecule has 27 heavy (non-hydrogen) atoms. The Morgan fingerprint density at radius 1 is 1.30 bits per heavy atom. The first-order valence-electron chi connectivity index (χ1n) is 9.74. The van der Waals surface area contributed by atoms with Gasteiger partial charge in [-0.25, -0.2) is 4.98 Å². The molecular weight excluding hydrogens is 467 g/mol. The van der Waals surface area contributed by atoms with E-state index in [1.54, 1.807) is 0 Å². The normalized spacial score (nSPS) is 17.1. The van der Waals surface area contributed by atoms with Gasteiger partial charge < -0.3 is 10.2 Å². The van der Waals surface area contributed by atoms with E-state index < -0.39 is 0 Å². The zero-order valence-corrected chi connectivity index (χ0v) is 19.7. The average Bonchev–Trinajstić information content (AvgIpc) is 3.28.